The van der Waals surface area contributed by atoms with Gasteiger partial charge in [-0.2, -0.15) is 0 Å². The number of unbranched alkanes of at least 4 members (excludes halogenated alkanes) is 1. The molecule has 0 aliphatic carbocycles. The van der Waals surface area contributed by atoms with E-state index in [2.05, 4.69) is 48.5 Å². The normalized spacial score (nSPS) is 13.7. The third kappa shape index (κ3) is 14.4. The Kier molecular flexibility index (Phi) is 10.8. The first kappa shape index (κ1) is 21.5. The summed E-state index contributed by atoms with van der Waals surface area (Å²) in [7, 11) is 0. The lowest BCUT2D eigenvalue weighted by atomic mass is 9.85. The van der Waals surface area contributed by atoms with Gasteiger partial charge in [0.05, 0.1) is 6.61 Å². The lowest BCUT2D eigenvalue weighted by Crippen LogP contribution is -2.13. The maximum Gasteiger partial charge on any atom is 0.305 e. The molecule has 0 amide bonds. The third-order valence-electron chi connectivity index (χ3n) is 3.93. The van der Waals surface area contributed by atoms with Gasteiger partial charge in [0.1, 0.15) is 0 Å². The molecule has 0 N–H and O–H groups in total. The van der Waals surface area contributed by atoms with Crippen LogP contribution in [0.1, 0.15) is 93.4 Å². The van der Waals surface area contributed by atoms with Gasteiger partial charge in [0.25, 0.3) is 0 Å². The predicted octanol–water partition coefficient (Wildman–Crippen LogP) is 6.23. The minimum absolute atomic E-state index is 0.0165. The van der Waals surface area contributed by atoms with Crippen LogP contribution in [0.15, 0.2) is 0 Å². The topological polar surface area (TPSA) is 26.3 Å². The smallest absolute Gasteiger partial charge is 0.305 e. The fraction of sp³-hybridized carbons (Fsp3) is 0.950. The Morgan fingerprint density at radius 2 is 1.59 bits per heavy atom. The second kappa shape index (κ2) is 11.1. The zero-order valence-corrected chi connectivity index (χ0v) is 16.2. The van der Waals surface area contributed by atoms with Crippen molar-refractivity contribution < 1.29 is 9.53 Å². The Morgan fingerprint density at radius 1 is 0.955 bits per heavy atom. The van der Waals surface area contributed by atoms with Gasteiger partial charge in [-0.1, -0.05) is 67.7 Å². The van der Waals surface area contributed by atoms with E-state index >= 15 is 0 Å². The van der Waals surface area contributed by atoms with Gasteiger partial charge >= 0.3 is 5.97 Å². The van der Waals surface area contributed by atoms with Gasteiger partial charge in [-0.3, -0.25) is 4.79 Å². The van der Waals surface area contributed by atoms with Crippen LogP contribution in [0.5, 0.6) is 0 Å². The van der Waals surface area contributed by atoms with Crippen LogP contribution in [0.2, 0.25) is 0 Å². The third-order valence-corrected chi connectivity index (χ3v) is 3.93. The van der Waals surface area contributed by atoms with Crippen molar-refractivity contribution in [2.24, 2.45) is 23.2 Å². The van der Waals surface area contributed by atoms with E-state index in [0.717, 1.165) is 6.42 Å². The van der Waals surface area contributed by atoms with E-state index in [4.69, 9.17) is 4.74 Å². The highest BCUT2D eigenvalue weighted by Gasteiger charge is 2.15. The zero-order valence-electron chi connectivity index (χ0n) is 16.2. The van der Waals surface area contributed by atoms with Crippen molar-refractivity contribution in [1.82, 2.24) is 0 Å². The van der Waals surface area contributed by atoms with Crippen molar-refractivity contribution >= 4 is 5.97 Å². The van der Waals surface area contributed by atoms with Crippen LogP contribution in [0.4, 0.5) is 0 Å². The highest BCUT2D eigenvalue weighted by Crippen LogP contribution is 2.27. The van der Waals surface area contributed by atoms with Crippen LogP contribution in [0.3, 0.4) is 0 Å². The summed E-state index contributed by atoms with van der Waals surface area (Å²) in [6.45, 7) is 16.2. The summed E-state index contributed by atoms with van der Waals surface area (Å²) in [5, 5.41) is 0. The van der Waals surface area contributed by atoms with Crippen LogP contribution in [0.25, 0.3) is 0 Å². The van der Waals surface area contributed by atoms with Crippen LogP contribution >= 0.6 is 0 Å². The standard InChI is InChI=1S/C20H40O2/c1-16(2)14-18(10-8-9-13-20(5,6)7)11-12-19(21)22-15-17(3)4/h16-18H,8-15H2,1-7H3. The molecule has 0 bridgehead atoms. The molecule has 0 aliphatic heterocycles. The van der Waals surface area contributed by atoms with Gasteiger partial charge < -0.3 is 4.74 Å². The number of ether oxygens (including phenoxy) is 1. The monoisotopic (exact) mass is 312 g/mol. The summed E-state index contributed by atoms with van der Waals surface area (Å²) in [5.41, 5.74) is 0.439. The molecule has 0 aromatic heterocycles. The Hall–Kier alpha value is -0.530. The Bertz CT molecular complexity index is 287. The summed E-state index contributed by atoms with van der Waals surface area (Å²) in [6.07, 6.45) is 7.94. The maximum absolute atomic E-state index is 11.8. The van der Waals surface area contributed by atoms with Crippen LogP contribution in [-0.4, -0.2) is 12.6 Å². The quantitative estimate of drug-likeness (QED) is 0.333. The molecule has 0 fully saturated rings. The molecular formula is C20H40O2. The SMILES string of the molecule is CC(C)COC(=O)CCC(CCCCC(C)(C)C)CC(C)C. The molecule has 0 spiro atoms. The van der Waals surface area contributed by atoms with E-state index < -0.39 is 0 Å². The Labute approximate surface area is 139 Å². The molecule has 132 valence electrons. The van der Waals surface area contributed by atoms with E-state index in [1.807, 2.05) is 0 Å². The number of carbonyl (C=O) groups is 1. The van der Waals surface area contributed by atoms with E-state index in [1.165, 1.54) is 32.1 Å². The van der Waals surface area contributed by atoms with E-state index in [-0.39, 0.29) is 5.97 Å². The lowest BCUT2D eigenvalue weighted by Gasteiger charge is -2.21. The van der Waals surface area contributed by atoms with Crippen molar-refractivity contribution in [3.8, 4) is 0 Å². The minimum Gasteiger partial charge on any atom is -0.465 e. The van der Waals surface area contributed by atoms with Crippen molar-refractivity contribution in [3.05, 3.63) is 0 Å². The van der Waals surface area contributed by atoms with Crippen LogP contribution in [0, 0.1) is 23.2 Å². The minimum atomic E-state index is -0.0165. The van der Waals surface area contributed by atoms with Crippen LogP contribution < -0.4 is 0 Å². The first-order valence-corrected chi connectivity index (χ1v) is 9.25. The summed E-state index contributed by atoms with van der Waals surface area (Å²) >= 11 is 0. The fourth-order valence-corrected chi connectivity index (χ4v) is 2.79. The summed E-state index contributed by atoms with van der Waals surface area (Å²) in [6, 6.07) is 0. The lowest BCUT2D eigenvalue weighted by molar-refractivity contribution is -0.145. The molecule has 0 rings (SSSR count). The average molecular weight is 313 g/mol. The Morgan fingerprint density at radius 3 is 2.09 bits per heavy atom. The number of hydrogen-bond donors (Lipinski definition) is 0. The summed E-state index contributed by atoms with van der Waals surface area (Å²) in [4.78, 5) is 11.8. The molecular weight excluding hydrogens is 272 g/mol. The molecule has 2 heteroatoms. The molecule has 1 atom stereocenters. The van der Waals surface area contributed by atoms with Crippen molar-refractivity contribution in [1.29, 1.82) is 0 Å². The van der Waals surface area contributed by atoms with Gasteiger partial charge in [-0.25, -0.2) is 0 Å². The van der Waals surface area contributed by atoms with Gasteiger partial charge in [0, 0.05) is 6.42 Å². The largest absolute Gasteiger partial charge is 0.465 e. The van der Waals surface area contributed by atoms with E-state index in [9.17, 15) is 4.79 Å². The van der Waals surface area contributed by atoms with E-state index in [1.54, 1.807) is 0 Å². The molecule has 1 unspecified atom stereocenters. The van der Waals surface area contributed by atoms with Gasteiger partial charge in [0.2, 0.25) is 0 Å². The average Bonchev–Trinajstić information content (AvgIpc) is 2.36. The number of carbonyl (C=O) groups excluding carboxylic acids is 1. The van der Waals surface area contributed by atoms with E-state index in [0.29, 0.717) is 36.2 Å². The second-order valence-corrected chi connectivity index (χ2v) is 8.92. The van der Waals surface area contributed by atoms with Crippen LogP contribution in [-0.2, 0) is 9.53 Å². The molecule has 0 heterocycles. The first-order chi connectivity index (χ1) is 10.1. The molecule has 0 aromatic carbocycles. The molecule has 0 saturated carbocycles. The fourth-order valence-electron chi connectivity index (χ4n) is 2.79. The van der Waals surface area contributed by atoms with Crippen molar-refractivity contribution in [2.75, 3.05) is 6.61 Å². The van der Waals surface area contributed by atoms with Crippen molar-refractivity contribution in [3.63, 3.8) is 0 Å². The summed E-state index contributed by atoms with van der Waals surface area (Å²) in [5.74, 6) is 1.79. The Balaban J connectivity index is 4.04. The van der Waals surface area contributed by atoms with Gasteiger partial charge in [-0.15, -0.1) is 0 Å². The van der Waals surface area contributed by atoms with Gasteiger partial charge in [0.15, 0.2) is 0 Å². The zero-order chi connectivity index (χ0) is 17.2. The molecule has 0 saturated heterocycles. The maximum atomic E-state index is 11.8. The number of esters is 1. The van der Waals surface area contributed by atoms with Crippen molar-refractivity contribution in [2.45, 2.75) is 93.4 Å². The summed E-state index contributed by atoms with van der Waals surface area (Å²) < 4.78 is 5.29. The number of hydrogen-bond acceptors (Lipinski definition) is 2. The molecule has 0 aromatic rings. The second-order valence-electron chi connectivity index (χ2n) is 8.92. The number of rotatable bonds is 11. The first-order valence-electron chi connectivity index (χ1n) is 9.25. The van der Waals surface area contributed by atoms with Gasteiger partial charge in [-0.05, 0) is 42.4 Å². The highest BCUT2D eigenvalue weighted by atomic mass is 16.5. The highest BCUT2D eigenvalue weighted by molar-refractivity contribution is 5.69. The molecule has 0 radical (unpaired) electrons. The molecule has 2 nitrogen and oxygen atoms in total. The molecule has 0 aliphatic rings. The molecule has 22 heavy (non-hydrogen) atoms. The predicted molar refractivity (Wildman–Crippen MR) is 95.9 cm³/mol.